The molecule has 0 atom stereocenters. The third-order valence-corrected chi connectivity index (χ3v) is 4.57. The van der Waals surface area contributed by atoms with Crippen molar-refractivity contribution in [2.75, 3.05) is 13.7 Å². The summed E-state index contributed by atoms with van der Waals surface area (Å²) in [6.07, 6.45) is 0.978. The van der Waals surface area contributed by atoms with E-state index in [4.69, 9.17) is 4.74 Å². The number of ether oxygens (including phenoxy) is 1. The first kappa shape index (κ1) is 18.3. The normalized spacial score (nSPS) is 11.4. The molecule has 0 aliphatic rings. The van der Waals surface area contributed by atoms with Crippen LogP contribution in [0.5, 0.6) is 5.75 Å². The Balaban J connectivity index is 2.02. The predicted octanol–water partition coefficient (Wildman–Crippen LogP) is 3.28. The van der Waals surface area contributed by atoms with Crippen LogP contribution < -0.4 is 15.4 Å². The van der Waals surface area contributed by atoms with Crippen molar-refractivity contribution in [3.8, 4) is 5.75 Å². The number of aliphatic imine (C=N–C) groups is 1. The van der Waals surface area contributed by atoms with Crippen molar-refractivity contribution in [1.29, 1.82) is 0 Å². The smallest absolute Gasteiger partial charge is 0.191 e. The minimum absolute atomic E-state index is 0.566. The molecule has 1 heterocycles. The van der Waals surface area contributed by atoms with E-state index in [0.717, 1.165) is 40.9 Å². The number of thiazole rings is 1. The maximum Gasteiger partial charge on any atom is 0.191 e. The van der Waals surface area contributed by atoms with E-state index >= 15 is 0 Å². The molecule has 6 heteroatoms. The van der Waals surface area contributed by atoms with E-state index < -0.39 is 0 Å². The SMILES string of the molecule is CCNC(=NCc1ccc(C)cc1OC)NCc1csc(CC)n1. The second-order valence-electron chi connectivity index (χ2n) is 5.45. The first-order valence-corrected chi connectivity index (χ1v) is 9.13. The molecular formula is C18H26N4OS. The molecule has 0 saturated heterocycles. The number of hydrogen-bond donors (Lipinski definition) is 2. The Bertz CT molecular complexity index is 681. The standard InChI is InChI=1S/C18H26N4OS/c1-5-17-22-15(12-24-17)11-21-18(19-6-2)20-10-14-8-7-13(3)9-16(14)23-4/h7-9,12H,5-6,10-11H2,1-4H3,(H2,19,20,21). The fraction of sp³-hybridized carbons (Fsp3) is 0.444. The number of hydrogen-bond acceptors (Lipinski definition) is 4. The minimum atomic E-state index is 0.566. The molecule has 1 aromatic heterocycles. The zero-order valence-corrected chi connectivity index (χ0v) is 15.7. The van der Waals surface area contributed by atoms with E-state index in [1.54, 1.807) is 18.4 Å². The summed E-state index contributed by atoms with van der Waals surface area (Å²) in [4.78, 5) is 9.22. The van der Waals surface area contributed by atoms with E-state index in [2.05, 4.69) is 58.9 Å². The quantitative estimate of drug-likeness (QED) is 0.597. The number of aryl methyl sites for hydroxylation is 2. The molecule has 0 amide bonds. The van der Waals surface area contributed by atoms with Crippen LogP contribution in [-0.2, 0) is 19.5 Å². The van der Waals surface area contributed by atoms with Gasteiger partial charge in [-0.2, -0.15) is 0 Å². The van der Waals surface area contributed by atoms with Gasteiger partial charge in [-0.25, -0.2) is 9.98 Å². The van der Waals surface area contributed by atoms with Crippen molar-refractivity contribution in [1.82, 2.24) is 15.6 Å². The van der Waals surface area contributed by atoms with Crippen LogP contribution in [0.4, 0.5) is 0 Å². The van der Waals surface area contributed by atoms with Crippen molar-refractivity contribution in [3.63, 3.8) is 0 Å². The summed E-state index contributed by atoms with van der Waals surface area (Å²) < 4.78 is 5.44. The van der Waals surface area contributed by atoms with Crippen LogP contribution in [0.3, 0.4) is 0 Å². The van der Waals surface area contributed by atoms with Crippen LogP contribution in [0.15, 0.2) is 28.6 Å². The van der Waals surface area contributed by atoms with Crippen molar-refractivity contribution in [2.45, 2.75) is 40.3 Å². The maximum absolute atomic E-state index is 5.44. The lowest BCUT2D eigenvalue weighted by molar-refractivity contribution is 0.409. The van der Waals surface area contributed by atoms with Gasteiger partial charge in [0.2, 0.25) is 0 Å². The second-order valence-corrected chi connectivity index (χ2v) is 6.39. The van der Waals surface area contributed by atoms with E-state index in [1.807, 2.05) is 6.07 Å². The molecule has 0 radical (unpaired) electrons. The molecule has 0 aliphatic carbocycles. The maximum atomic E-state index is 5.44. The zero-order chi connectivity index (χ0) is 17.4. The summed E-state index contributed by atoms with van der Waals surface area (Å²) in [6.45, 7) is 8.29. The molecule has 2 aromatic rings. The largest absolute Gasteiger partial charge is 0.496 e. The Kier molecular flexibility index (Phi) is 7.06. The van der Waals surface area contributed by atoms with Crippen LogP contribution in [0.1, 0.15) is 35.7 Å². The van der Waals surface area contributed by atoms with Gasteiger partial charge < -0.3 is 15.4 Å². The lowest BCUT2D eigenvalue weighted by Gasteiger charge is -2.12. The highest BCUT2D eigenvalue weighted by atomic mass is 32.1. The van der Waals surface area contributed by atoms with Gasteiger partial charge in [0.15, 0.2) is 5.96 Å². The Labute approximate surface area is 148 Å². The van der Waals surface area contributed by atoms with Gasteiger partial charge in [-0.3, -0.25) is 0 Å². The highest BCUT2D eigenvalue weighted by Crippen LogP contribution is 2.20. The van der Waals surface area contributed by atoms with Crippen LogP contribution in [0.2, 0.25) is 0 Å². The number of aromatic nitrogens is 1. The molecule has 0 aliphatic heterocycles. The molecular weight excluding hydrogens is 320 g/mol. The molecule has 0 saturated carbocycles. The van der Waals surface area contributed by atoms with E-state index in [-0.39, 0.29) is 0 Å². The molecule has 0 bridgehead atoms. The summed E-state index contributed by atoms with van der Waals surface area (Å²) in [6, 6.07) is 6.18. The molecule has 2 N–H and O–H groups in total. The first-order chi connectivity index (χ1) is 11.7. The molecule has 0 unspecified atom stereocenters. The average molecular weight is 347 g/mol. The lowest BCUT2D eigenvalue weighted by atomic mass is 10.1. The van der Waals surface area contributed by atoms with Gasteiger partial charge in [-0.15, -0.1) is 11.3 Å². The van der Waals surface area contributed by atoms with Gasteiger partial charge >= 0.3 is 0 Å². The zero-order valence-electron chi connectivity index (χ0n) is 14.8. The van der Waals surface area contributed by atoms with Gasteiger partial charge in [-0.1, -0.05) is 19.1 Å². The van der Waals surface area contributed by atoms with Crippen molar-refractivity contribution in [3.05, 3.63) is 45.4 Å². The topological polar surface area (TPSA) is 58.5 Å². The summed E-state index contributed by atoms with van der Waals surface area (Å²) in [5.41, 5.74) is 3.30. The summed E-state index contributed by atoms with van der Waals surface area (Å²) in [5.74, 6) is 1.66. The van der Waals surface area contributed by atoms with E-state index in [0.29, 0.717) is 13.1 Å². The third kappa shape index (κ3) is 5.23. The third-order valence-electron chi connectivity index (χ3n) is 3.53. The summed E-state index contributed by atoms with van der Waals surface area (Å²) in [7, 11) is 1.69. The molecule has 130 valence electrons. The Morgan fingerprint density at radius 2 is 2.12 bits per heavy atom. The number of benzene rings is 1. The minimum Gasteiger partial charge on any atom is -0.496 e. The average Bonchev–Trinajstić information content (AvgIpc) is 3.06. The number of guanidine groups is 1. The fourth-order valence-corrected chi connectivity index (χ4v) is 3.00. The number of rotatable bonds is 7. The van der Waals surface area contributed by atoms with Crippen molar-refractivity contribution >= 4 is 17.3 Å². The van der Waals surface area contributed by atoms with E-state index in [9.17, 15) is 0 Å². The van der Waals surface area contributed by atoms with Crippen molar-refractivity contribution < 1.29 is 4.74 Å². The highest BCUT2D eigenvalue weighted by Gasteiger charge is 2.05. The summed E-state index contributed by atoms with van der Waals surface area (Å²) in [5, 5.41) is 9.86. The highest BCUT2D eigenvalue weighted by molar-refractivity contribution is 7.09. The van der Waals surface area contributed by atoms with Crippen LogP contribution in [0, 0.1) is 6.92 Å². The van der Waals surface area contributed by atoms with Gasteiger partial charge in [0.25, 0.3) is 0 Å². The molecule has 1 aromatic carbocycles. The van der Waals surface area contributed by atoms with Crippen LogP contribution >= 0.6 is 11.3 Å². The Morgan fingerprint density at radius 1 is 1.29 bits per heavy atom. The summed E-state index contributed by atoms with van der Waals surface area (Å²) >= 11 is 1.70. The van der Waals surface area contributed by atoms with Gasteiger partial charge in [-0.05, 0) is 31.9 Å². The van der Waals surface area contributed by atoms with Gasteiger partial charge in [0.1, 0.15) is 5.75 Å². The number of nitrogens with zero attached hydrogens (tertiary/aromatic N) is 2. The number of nitrogens with one attached hydrogen (secondary N) is 2. The van der Waals surface area contributed by atoms with Gasteiger partial charge in [0.05, 0.1) is 30.9 Å². The first-order valence-electron chi connectivity index (χ1n) is 8.25. The molecule has 0 spiro atoms. The van der Waals surface area contributed by atoms with E-state index in [1.165, 1.54) is 5.56 Å². The number of methoxy groups -OCH3 is 1. The second kappa shape index (κ2) is 9.27. The Morgan fingerprint density at radius 3 is 2.79 bits per heavy atom. The molecule has 5 nitrogen and oxygen atoms in total. The molecule has 0 fully saturated rings. The fourth-order valence-electron chi connectivity index (χ4n) is 2.26. The Hall–Kier alpha value is -2.08. The molecule has 2 rings (SSSR count). The monoisotopic (exact) mass is 346 g/mol. The predicted molar refractivity (Wildman–Crippen MR) is 101 cm³/mol. The van der Waals surface area contributed by atoms with Crippen LogP contribution in [0.25, 0.3) is 0 Å². The molecule has 24 heavy (non-hydrogen) atoms. The van der Waals surface area contributed by atoms with Crippen molar-refractivity contribution in [2.24, 2.45) is 4.99 Å². The lowest BCUT2D eigenvalue weighted by Crippen LogP contribution is -2.36. The van der Waals surface area contributed by atoms with Crippen LogP contribution in [-0.4, -0.2) is 24.6 Å². The van der Waals surface area contributed by atoms with Gasteiger partial charge in [0, 0.05) is 17.5 Å².